The highest BCUT2D eigenvalue weighted by Gasteiger charge is 2.08. The molecule has 2 heterocycles. The van der Waals surface area contributed by atoms with Gasteiger partial charge >= 0.3 is 5.97 Å². The van der Waals surface area contributed by atoms with E-state index in [9.17, 15) is 14.0 Å². The molecular formula is C50H83FN8O4S. The van der Waals surface area contributed by atoms with Crippen LogP contribution in [-0.4, -0.2) is 56.6 Å². The number of esters is 1. The fourth-order valence-corrected chi connectivity index (χ4v) is 4.97. The molecule has 64 heavy (non-hydrogen) atoms. The van der Waals surface area contributed by atoms with Gasteiger partial charge in [-0.25, -0.2) is 4.39 Å². The van der Waals surface area contributed by atoms with Crippen LogP contribution < -0.4 is 26.0 Å². The van der Waals surface area contributed by atoms with Gasteiger partial charge in [0.25, 0.3) is 0 Å². The van der Waals surface area contributed by atoms with Crippen molar-refractivity contribution in [2.45, 2.75) is 148 Å². The molecule has 6 N–H and O–H groups in total. The lowest BCUT2D eigenvalue weighted by molar-refractivity contribution is -0.134. The van der Waals surface area contributed by atoms with E-state index in [1.807, 2.05) is 61.5 Å². The summed E-state index contributed by atoms with van der Waals surface area (Å²) < 4.78 is 18.2. The summed E-state index contributed by atoms with van der Waals surface area (Å²) in [5.74, 6) is 2.16. The van der Waals surface area contributed by atoms with Gasteiger partial charge in [-0.15, -0.1) is 0 Å². The normalized spacial score (nSPS) is 9.45. The summed E-state index contributed by atoms with van der Waals surface area (Å²) in [5, 5.41) is 21.7. The maximum absolute atomic E-state index is 13.2. The Morgan fingerprint density at radius 3 is 1.95 bits per heavy atom. The van der Waals surface area contributed by atoms with Gasteiger partial charge in [-0.05, 0) is 86.1 Å². The van der Waals surface area contributed by atoms with Crippen LogP contribution in [0.5, 0.6) is 5.75 Å². The van der Waals surface area contributed by atoms with Crippen molar-refractivity contribution in [2.24, 2.45) is 5.92 Å². The van der Waals surface area contributed by atoms with Gasteiger partial charge in [0.1, 0.15) is 11.6 Å². The molecular weight excluding hydrogens is 828 g/mol. The van der Waals surface area contributed by atoms with E-state index in [0.717, 1.165) is 36.9 Å². The number of nitrogens with zero attached hydrogens (tertiary/aromatic N) is 3. The monoisotopic (exact) mass is 911 g/mol. The van der Waals surface area contributed by atoms with Crippen LogP contribution in [0.2, 0.25) is 0 Å². The number of ether oxygens (including phenoxy) is 1. The van der Waals surface area contributed by atoms with Gasteiger partial charge in [0.2, 0.25) is 24.3 Å². The largest absolute Gasteiger partial charge is 0.427 e. The number of para-hydroxylation sites is 1. The zero-order chi connectivity index (χ0) is 47.8. The number of carbonyl (C=O) groups is 2. The van der Waals surface area contributed by atoms with Crippen LogP contribution in [0.25, 0.3) is 10.9 Å². The van der Waals surface area contributed by atoms with Crippen LogP contribution >= 0.6 is 13.5 Å². The molecule has 0 radical (unpaired) electrons. The second-order valence-corrected chi connectivity index (χ2v) is 13.9. The molecule has 360 valence electrons. The molecule has 0 spiro atoms. The number of unbranched alkanes of at least 4 members (excludes halogenated alkanes) is 1. The first-order valence-electron chi connectivity index (χ1n) is 22.9. The van der Waals surface area contributed by atoms with E-state index in [2.05, 4.69) is 99.4 Å². The highest BCUT2D eigenvalue weighted by atomic mass is 32.1. The highest BCUT2D eigenvalue weighted by Crippen LogP contribution is 2.19. The lowest BCUT2D eigenvalue weighted by atomic mass is 10.1. The summed E-state index contributed by atoms with van der Waals surface area (Å²) in [4.78, 5) is 37.4. The first-order valence-corrected chi connectivity index (χ1v) is 22.9. The van der Waals surface area contributed by atoms with Crippen molar-refractivity contribution in [3.8, 4) is 5.75 Å². The number of hydrogen-bond donors (Lipinski definition) is 6. The Morgan fingerprint density at radius 1 is 0.797 bits per heavy atom. The van der Waals surface area contributed by atoms with Crippen molar-refractivity contribution in [3.63, 3.8) is 0 Å². The van der Waals surface area contributed by atoms with E-state index in [0.29, 0.717) is 62.0 Å². The van der Waals surface area contributed by atoms with Gasteiger partial charge in [0.05, 0.1) is 0 Å². The first kappa shape index (κ1) is 63.1. The summed E-state index contributed by atoms with van der Waals surface area (Å²) in [6.45, 7) is 28.4. The smallest absolute Gasteiger partial charge is 0.310 e. The second kappa shape index (κ2) is 41.8. The third-order valence-electron chi connectivity index (χ3n) is 7.94. The standard InChI is InChI=1S/C17H25FN6.C11H13NO3.C11H13N.C5H12O.3C2H6.H2S/c1-4-5-9-19-15-22-16(24-17(23-15)21-12(2)3)20-11-13-7-6-8-14(18)10-13;1-2-11(14)15-10-5-3-9(4-6-10)7-12-8-13;1-2-5-9-8-12-11-7-4-3-6-10(9)11;1-5(2)3-4-6;3*1-2;/h6-8,10,12H,4-5,9,11H2,1-3H3,(H3,19,20,21,22,23,24);3-6,8H,2,7H2,1H3,(H,12,13);3-4,6-8,12H,2,5H2,1H3;5-6H,3-4H2,1-2H3;3*1-2H3;1H2. The van der Waals surface area contributed by atoms with Gasteiger partial charge < -0.3 is 36.1 Å². The van der Waals surface area contributed by atoms with Crippen LogP contribution in [0, 0.1) is 11.7 Å². The molecule has 14 heteroatoms. The van der Waals surface area contributed by atoms with Crippen molar-refractivity contribution in [2.75, 3.05) is 29.1 Å². The Labute approximate surface area is 392 Å². The van der Waals surface area contributed by atoms with Gasteiger partial charge in [-0.2, -0.15) is 28.4 Å². The quantitative estimate of drug-likeness (QED) is 0.0216. The van der Waals surface area contributed by atoms with Crippen molar-refractivity contribution in [3.05, 3.63) is 102 Å². The second-order valence-electron chi connectivity index (χ2n) is 13.9. The molecule has 0 atom stereocenters. The molecule has 2 aromatic heterocycles. The lowest BCUT2D eigenvalue weighted by Crippen LogP contribution is -2.16. The highest BCUT2D eigenvalue weighted by molar-refractivity contribution is 7.59. The molecule has 0 saturated heterocycles. The number of rotatable bonds is 18. The fraction of sp³-hybridized carbons (Fsp3) is 0.500. The number of aliphatic hydroxyl groups is 1. The first-order chi connectivity index (χ1) is 30.5. The maximum atomic E-state index is 13.2. The third-order valence-corrected chi connectivity index (χ3v) is 7.94. The zero-order valence-electron chi connectivity index (χ0n) is 41.2. The molecule has 12 nitrogen and oxygen atoms in total. The van der Waals surface area contributed by atoms with E-state index in [1.54, 1.807) is 37.3 Å². The topological polar surface area (TPSA) is 166 Å². The Bertz CT molecular complexity index is 1860. The molecule has 3 aromatic carbocycles. The molecule has 5 aromatic rings. The maximum Gasteiger partial charge on any atom is 0.310 e. The molecule has 1 amide bonds. The fourth-order valence-electron chi connectivity index (χ4n) is 4.97. The number of halogens is 1. The van der Waals surface area contributed by atoms with Crippen molar-refractivity contribution >= 4 is 54.6 Å². The number of anilines is 3. The number of benzene rings is 3. The number of nitrogens with one attached hydrogen (secondary N) is 5. The number of aryl methyl sites for hydroxylation is 1. The van der Waals surface area contributed by atoms with Crippen LogP contribution in [0.3, 0.4) is 0 Å². The summed E-state index contributed by atoms with van der Waals surface area (Å²) in [5.41, 5.74) is 4.47. The average molecular weight is 911 g/mol. The number of hydrogen-bond acceptors (Lipinski definition) is 10. The van der Waals surface area contributed by atoms with Crippen molar-refractivity contribution < 1.29 is 23.8 Å². The lowest BCUT2D eigenvalue weighted by Gasteiger charge is -2.12. The van der Waals surface area contributed by atoms with Crippen molar-refractivity contribution in [1.29, 1.82) is 0 Å². The Balaban J connectivity index is -0.000000803. The van der Waals surface area contributed by atoms with E-state index < -0.39 is 0 Å². The predicted molar refractivity (Wildman–Crippen MR) is 274 cm³/mol. The average Bonchev–Trinajstić information content (AvgIpc) is 3.70. The van der Waals surface area contributed by atoms with Gasteiger partial charge in [0, 0.05) is 55.8 Å². The van der Waals surface area contributed by atoms with E-state index in [4.69, 9.17) is 9.84 Å². The number of amides is 1. The zero-order valence-corrected chi connectivity index (χ0v) is 42.2. The molecule has 0 fully saturated rings. The molecule has 0 bridgehead atoms. The number of carbonyl (C=O) groups excluding carboxylic acids is 2. The minimum absolute atomic E-state index is 0. The molecule has 5 rings (SSSR count). The molecule has 0 aliphatic carbocycles. The van der Waals surface area contributed by atoms with Gasteiger partial charge in [0.15, 0.2) is 0 Å². The van der Waals surface area contributed by atoms with E-state index >= 15 is 0 Å². The van der Waals surface area contributed by atoms with E-state index in [-0.39, 0.29) is 31.3 Å². The minimum atomic E-state index is -0.256. The number of H-pyrrole nitrogens is 1. The summed E-state index contributed by atoms with van der Waals surface area (Å²) >= 11 is 0. The molecule has 0 aliphatic rings. The number of aromatic amines is 1. The minimum Gasteiger partial charge on any atom is -0.427 e. The number of aromatic nitrogens is 4. The predicted octanol–water partition coefficient (Wildman–Crippen LogP) is 12.2. The molecule has 0 aliphatic heterocycles. The summed E-state index contributed by atoms with van der Waals surface area (Å²) in [7, 11) is 0. The van der Waals surface area contributed by atoms with Gasteiger partial charge in [-0.3, -0.25) is 9.59 Å². The van der Waals surface area contributed by atoms with E-state index in [1.165, 1.54) is 41.4 Å². The molecule has 0 saturated carbocycles. The third kappa shape index (κ3) is 30.0. The summed E-state index contributed by atoms with van der Waals surface area (Å²) in [6.07, 6.45) is 8.57. The van der Waals surface area contributed by atoms with Gasteiger partial charge in [-0.1, -0.05) is 131 Å². The Hall–Kier alpha value is -5.21. The number of fused-ring (bicyclic) bond motifs is 1. The van der Waals surface area contributed by atoms with Crippen LogP contribution in [-0.2, 0) is 29.1 Å². The SMILES string of the molecule is CC.CC.CC.CC(C)CCO.CCC(=O)Oc1ccc(CNC=O)cc1.CCCCNc1nc(NCc2cccc(F)c2)nc(NC(C)C)n1.CCCc1c[nH]c2ccccc12.S. The van der Waals surface area contributed by atoms with Crippen LogP contribution in [0.15, 0.2) is 79.0 Å². The van der Waals surface area contributed by atoms with Crippen LogP contribution in [0.1, 0.15) is 139 Å². The Morgan fingerprint density at radius 2 is 1.42 bits per heavy atom. The Kier molecular flexibility index (Phi) is 41.2. The number of aliphatic hydroxyl groups excluding tert-OH is 1. The molecule has 0 unspecified atom stereocenters. The summed E-state index contributed by atoms with van der Waals surface area (Å²) in [6, 6.07) is 22.1. The van der Waals surface area contributed by atoms with Crippen molar-refractivity contribution in [1.82, 2.24) is 25.3 Å². The van der Waals surface area contributed by atoms with Crippen LogP contribution in [0.4, 0.5) is 22.2 Å².